The van der Waals surface area contributed by atoms with Crippen molar-refractivity contribution in [3.05, 3.63) is 23.8 Å². The minimum Gasteiger partial charge on any atom is -0.495 e. The molecule has 3 nitrogen and oxygen atoms in total. The number of rotatable bonds is 4. The van der Waals surface area contributed by atoms with Gasteiger partial charge >= 0.3 is 0 Å². The number of hydrogen-bond donors (Lipinski definition) is 1. The van der Waals surface area contributed by atoms with E-state index in [2.05, 4.69) is 37.1 Å². The molecule has 1 aromatic rings. The Balaban J connectivity index is 2.29. The SMILES string of the molecule is CCc1ccc(OC)c(N(C)C2CCCC2N)c1. The van der Waals surface area contributed by atoms with Crippen LogP contribution >= 0.6 is 0 Å². The second-order valence-electron chi connectivity index (χ2n) is 5.13. The van der Waals surface area contributed by atoms with Crippen molar-refractivity contribution in [1.29, 1.82) is 0 Å². The summed E-state index contributed by atoms with van der Waals surface area (Å²) < 4.78 is 5.48. The van der Waals surface area contributed by atoms with Crippen LogP contribution in [0.4, 0.5) is 5.69 Å². The zero-order valence-corrected chi connectivity index (χ0v) is 11.6. The standard InChI is InChI=1S/C15H24N2O/c1-4-11-8-9-15(18-3)14(10-11)17(2)13-7-5-6-12(13)16/h8-10,12-13H,4-7,16H2,1-3H3. The van der Waals surface area contributed by atoms with Gasteiger partial charge in [-0.05, 0) is 43.4 Å². The van der Waals surface area contributed by atoms with Crippen LogP contribution in [0.15, 0.2) is 18.2 Å². The van der Waals surface area contributed by atoms with E-state index in [0.717, 1.165) is 18.6 Å². The van der Waals surface area contributed by atoms with Crippen LogP contribution in [-0.4, -0.2) is 26.2 Å². The molecular weight excluding hydrogens is 224 g/mol. The van der Waals surface area contributed by atoms with Crippen molar-refractivity contribution in [2.45, 2.75) is 44.7 Å². The van der Waals surface area contributed by atoms with Crippen molar-refractivity contribution in [3.63, 3.8) is 0 Å². The third-order valence-corrected chi connectivity index (χ3v) is 4.06. The summed E-state index contributed by atoms with van der Waals surface area (Å²) in [4.78, 5) is 2.30. The molecule has 2 rings (SSSR count). The Morgan fingerprint density at radius 1 is 1.39 bits per heavy atom. The zero-order chi connectivity index (χ0) is 13.1. The molecule has 2 N–H and O–H groups in total. The molecule has 3 heteroatoms. The second kappa shape index (κ2) is 5.61. The van der Waals surface area contributed by atoms with Crippen molar-refractivity contribution < 1.29 is 4.74 Å². The topological polar surface area (TPSA) is 38.5 Å². The van der Waals surface area contributed by atoms with Crippen LogP contribution in [0.1, 0.15) is 31.7 Å². The van der Waals surface area contributed by atoms with Gasteiger partial charge in [-0.1, -0.05) is 13.0 Å². The number of nitrogens with two attached hydrogens (primary N) is 1. The van der Waals surface area contributed by atoms with E-state index in [0.29, 0.717) is 6.04 Å². The predicted molar refractivity (Wildman–Crippen MR) is 76.4 cm³/mol. The van der Waals surface area contributed by atoms with Gasteiger partial charge in [-0.3, -0.25) is 0 Å². The number of hydrogen-bond acceptors (Lipinski definition) is 3. The number of ether oxygens (including phenoxy) is 1. The fourth-order valence-electron chi connectivity index (χ4n) is 2.86. The third kappa shape index (κ3) is 2.46. The monoisotopic (exact) mass is 248 g/mol. The number of likely N-dealkylation sites (N-methyl/N-ethyl adjacent to an activating group) is 1. The summed E-state index contributed by atoms with van der Waals surface area (Å²) in [6.45, 7) is 2.17. The van der Waals surface area contributed by atoms with Gasteiger partial charge in [0.2, 0.25) is 0 Å². The first kappa shape index (κ1) is 13.2. The van der Waals surface area contributed by atoms with Crippen LogP contribution in [-0.2, 0) is 6.42 Å². The van der Waals surface area contributed by atoms with Gasteiger partial charge in [0.15, 0.2) is 0 Å². The molecular formula is C15H24N2O. The van der Waals surface area contributed by atoms with E-state index in [1.807, 2.05) is 0 Å². The highest BCUT2D eigenvalue weighted by atomic mass is 16.5. The molecule has 2 unspecified atom stereocenters. The summed E-state index contributed by atoms with van der Waals surface area (Å²) in [5.74, 6) is 0.939. The lowest BCUT2D eigenvalue weighted by Gasteiger charge is -2.31. The van der Waals surface area contributed by atoms with E-state index in [-0.39, 0.29) is 6.04 Å². The van der Waals surface area contributed by atoms with Gasteiger partial charge in [0.05, 0.1) is 12.8 Å². The van der Waals surface area contributed by atoms with Crippen molar-refractivity contribution in [2.75, 3.05) is 19.1 Å². The summed E-state index contributed by atoms with van der Waals surface area (Å²) in [7, 11) is 3.86. The fourth-order valence-corrected chi connectivity index (χ4v) is 2.86. The maximum absolute atomic E-state index is 6.20. The van der Waals surface area contributed by atoms with Crippen LogP contribution < -0.4 is 15.4 Å². The number of benzene rings is 1. The van der Waals surface area contributed by atoms with Crippen molar-refractivity contribution in [2.24, 2.45) is 5.73 Å². The number of nitrogens with zero attached hydrogens (tertiary/aromatic N) is 1. The van der Waals surface area contributed by atoms with E-state index < -0.39 is 0 Å². The van der Waals surface area contributed by atoms with E-state index in [9.17, 15) is 0 Å². The first-order valence-electron chi connectivity index (χ1n) is 6.82. The molecule has 1 aliphatic rings. The lowest BCUT2D eigenvalue weighted by atomic mass is 10.1. The molecule has 0 bridgehead atoms. The predicted octanol–water partition coefficient (Wildman–Crippen LogP) is 2.57. The van der Waals surface area contributed by atoms with E-state index in [1.165, 1.54) is 24.1 Å². The molecule has 0 aromatic heterocycles. The Kier molecular flexibility index (Phi) is 4.12. The van der Waals surface area contributed by atoms with Gasteiger partial charge in [-0.2, -0.15) is 0 Å². The smallest absolute Gasteiger partial charge is 0.142 e. The first-order chi connectivity index (χ1) is 8.67. The average molecular weight is 248 g/mol. The van der Waals surface area contributed by atoms with Gasteiger partial charge in [-0.15, -0.1) is 0 Å². The summed E-state index contributed by atoms with van der Waals surface area (Å²) in [6, 6.07) is 7.13. The molecule has 1 aliphatic carbocycles. The lowest BCUT2D eigenvalue weighted by molar-refractivity contribution is 0.412. The maximum atomic E-state index is 6.20. The van der Waals surface area contributed by atoms with Crippen LogP contribution in [0.5, 0.6) is 5.75 Å². The first-order valence-corrected chi connectivity index (χ1v) is 6.82. The number of methoxy groups -OCH3 is 1. The second-order valence-corrected chi connectivity index (χ2v) is 5.13. The Hall–Kier alpha value is -1.22. The van der Waals surface area contributed by atoms with Gasteiger partial charge in [0.25, 0.3) is 0 Å². The minimum absolute atomic E-state index is 0.282. The van der Waals surface area contributed by atoms with Crippen LogP contribution in [0.25, 0.3) is 0 Å². The quantitative estimate of drug-likeness (QED) is 0.890. The minimum atomic E-state index is 0.282. The molecule has 1 saturated carbocycles. The number of aryl methyl sites for hydroxylation is 1. The van der Waals surface area contributed by atoms with Gasteiger partial charge in [0.1, 0.15) is 5.75 Å². The highest BCUT2D eigenvalue weighted by Crippen LogP contribution is 2.33. The molecule has 1 aromatic carbocycles. The Bertz CT molecular complexity index is 405. The van der Waals surface area contributed by atoms with E-state index in [1.54, 1.807) is 7.11 Å². The number of anilines is 1. The van der Waals surface area contributed by atoms with E-state index in [4.69, 9.17) is 10.5 Å². The molecule has 0 saturated heterocycles. The van der Waals surface area contributed by atoms with Gasteiger partial charge in [0, 0.05) is 19.1 Å². The molecule has 100 valence electrons. The van der Waals surface area contributed by atoms with Crippen molar-refractivity contribution in [3.8, 4) is 5.75 Å². The van der Waals surface area contributed by atoms with Gasteiger partial charge < -0.3 is 15.4 Å². The molecule has 18 heavy (non-hydrogen) atoms. The summed E-state index contributed by atoms with van der Waals surface area (Å²) >= 11 is 0. The third-order valence-electron chi connectivity index (χ3n) is 4.06. The normalized spacial score (nSPS) is 23.1. The largest absolute Gasteiger partial charge is 0.495 e. The maximum Gasteiger partial charge on any atom is 0.142 e. The zero-order valence-electron chi connectivity index (χ0n) is 11.6. The molecule has 0 radical (unpaired) electrons. The van der Waals surface area contributed by atoms with E-state index >= 15 is 0 Å². The summed E-state index contributed by atoms with van der Waals surface area (Å²) in [6.07, 6.45) is 4.58. The summed E-state index contributed by atoms with van der Waals surface area (Å²) in [5.41, 5.74) is 8.70. The molecule has 0 amide bonds. The molecule has 0 aliphatic heterocycles. The van der Waals surface area contributed by atoms with Crippen LogP contribution in [0, 0.1) is 0 Å². The van der Waals surface area contributed by atoms with Gasteiger partial charge in [-0.25, -0.2) is 0 Å². The molecule has 1 fully saturated rings. The molecule has 2 atom stereocenters. The highest BCUT2D eigenvalue weighted by Gasteiger charge is 2.28. The van der Waals surface area contributed by atoms with Crippen LogP contribution in [0.2, 0.25) is 0 Å². The molecule has 0 heterocycles. The highest BCUT2D eigenvalue weighted by molar-refractivity contribution is 5.60. The summed E-state index contributed by atoms with van der Waals surface area (Å²) in [5, 5.41) is 0. The Morgan fingerprint density at radius 3 is 2.72 bits per heavy atom. The molecule has 0 spiro atoms. The fraction of sp³-hybridized carbons (Fsp3) is 0.600. The Morgan fingerprint density at radius 2 is 2.17 bits per heavy atom. The van der Waals surface area contributed by atoms with Crippen molar-refractivity contribution in [1.82, 2.24) is 0 Å². The lowest BCUT2D eigenvalue weighted by Crippen LogP contribution is -2.42. The Labute approximate surface area is 110 Å². The van der Waals surface area contributed by atoms with Crippen molar-refractivity contribution >= 4 is 5.69 Å². The average Bonchev–Trinajstić information content (AvgIpc) is 2.83. The van der Waals surface area contributed by atoms with Crippen LogP contribution in [0.3, 0.4) is 0 Å².